The lowest BCUT2D eigenvalue weighted by Gasteiger charge is -2.13. The summed E-state index contributed by atoms with van der Waals surface area (Å²) < 4.78 is 53.4. The first kappa shape index (κ1) is 18.3. The zero-order valence-corrected chi connectivity index (χ0v) is 13.3. The topological polar surface area (TPSA) is 57.7 Å². The minimum absolute atomic E-state index is 0.0487. The van der Waals surface area contributed by atoms with E-state index in [-0.39, 0.29) is 22.8 Å². The first-order valence-electron chi connectivity index (χ1n) is 6.98. The number of methoxy groups -OCH3 is 2. The zero-order valence-electron chi connectivity index (χ0n) is 13.3. The first-order valence-corrected chi connectivity index (χ1v) is 6.98. The molecule has 1 aromatic heterocycles. The van der Waals surface area contributed by atoms with Crippen LogP contribution in [-0.4, -0.2) is 25.2 Å². The molecule has 0 radical (unpaired) electrons. The molecule has 1 heterocycles. The Morgan fingerprint density at radius 3 is 2.52 bits per heavy atom. The summed E-state index contributed by atoms with van der Waals surface area (Å²) in [6.07, 6.45) is -2.37. The van der Waals surface area contributed by atoms with Crippen LogP contribution in [0.3, 0.4) is 0 Å². The first-order chi connectivity index (χ1) is 11.9. The second kappa shape index (κ2) is 7.69. The van der Waals surface area contributed by atoms with Crippen molar-refractivity contribution in [2.45, 2.75) is 6.18 Å². The highest BCUT2D eigenvalue weighted by atomic mass is 19.4. The smallest absolute Gasteiger partial charge is 0.416 e. The van der Waals surface area contributed by atoms with Crippen molar-refractivity contribution >= 4 is 11.5 Å². The Bertz CT molecular complexity index is 787. The fraction of sp³-hybridized carbons (Fsp3) is 0.176. The Balaban J connectivity index is 2.42. The van der Waals surface area contributed by atoms with Crippen LogP contribution < -0.4 is 4.74 Å². The number of pyridine rings is 1. The second-order valence-electron chi connectivity index (χ2n) is 4.74. The number of carbonyl (C=O) groups is 1. The van der Waals surface area contributed by atoms with E-state index < -0.39 is 17.7 Å². The number of halogens is 3. The summed E-state index contributed by atoms with van der Waals surface area (Å²) in [5.41, 5.74) is -0.557. The molecule has 1 aromatic carbocycles. The number of nitrogens with zero attached hydrogens (tertiary/aromatic N) is 1. The van der Waals surface area contributed by atoms with Crippen LogP contribution in [-0.2, 0) is 20.4 Å². The summed E-state index contributed by atoms with van der Waals surface area (Å²) in [6.45, 7) is 0. The molecule has 132 valence electrons. The maximum Gasteiger partial charge on any atom is 0.416 e. The second-order valence-corrected chi connectivity index (χ2v) is 4.74. The molecule has 0 aliphatic heterocycles. The Hall–Kier alpha value is -3.03. The number of ether oxygens (including phenoxy) is 3. The number of carbonyl (C=O) groups excluding carboxylic acids is 1. The standard InChI is InChI=1S/C17H14F3NO4/c1-23-10-13(16(22)24-2)12-5-3-4-6-14(12)25-15-9-11(7-8-21-15)17(18,19)20/h3-10H,1-2H3/b13-10+. The molecule has 0 amide bonds. The van der Waals surface area contributed by atoms with Crippen molar-refractivity contribution in [1.29, 1.82) is 0 Å². The minimum atomic E-state index is -4.52. The molecule has 2 aromatic rings. The van der Waals surface area contributed by atoms with Crippen LogP contribution in [0.4, 0.5) is 13.2 Å². The van der Waals surface area contributed by atoms with Crippen LogP contribution in [0, 0.1) is 0 Å². The molecule has 0 aliphatic carbocycles. The van der Waals surface area contributed by atoms with Gasteiger partial charge in [0, 0.05) is 17.8 Å². The van der Waals surface area contributed by atoms with Gasteiger partial charge in [-0.3, -0.25) is 0 Å². The van der Waals surface area contributed by atoms with Crippen molar-refractivity contribution in [2.24, 2.45) is 0 Å². The quantitative estimate of drug-likeness (QED) is 0.461. The molecule has 5 nitrogen and oxygen atoms in total. The van der Waals surface area contributed by atoms with Gasteiger partial charge < -0.3 is 14.2 Å². The third-order valence-electron chi connectivity index (χ3n) is 3.09. The molecule has 0 unspecified atom stereocenters. The molecule has 0 bridgehead atoms. The maximum atomic E-state index is 12.8. The van der Waals surface area contributed by atoms with Gasteiger partial charge in [0.1, 0.15) is 11.3 Å². The van der Waals surface area contributed by atoms with Crippen LogP contribution in [0.15, 0.2) is 48.9 Å². The molecule has 0 spiro atoms. The summed E-state index contributed by atoms with van der Waals surface area (Å²) >= 11 is 0. The van der Waals surface area contributed by atoms with Crippen molar-refractivity contribution in [3.8, 4) is 11.6 Å². The largest absolute Gasteiger partial charge is 0.503 e. The van der Waals surface area contributed by atoms with E-state index in [0.29, 0.717) is 0 Å². The lowest BCUT2D eigenvalue weighted by molar-refractivity contribution is -0.137. The fourth-order valence-electron chi connectivity index (χ4n) is 1.98. The highest BCUT2D eigenvalue weighted by Gasteiger charge is 2.31. The summed E-state index contributed by atoms with van der Waals surface area (Å²) in [4.78, 5) is 15.7. The van der Waals surface area contributed by atoms with Crippen LogP contribution in [0.1, 0.15) is 11.1 Å². The SMILES string of the molecule is CO/C=C(/C(=O)OC)c1ccccc1Oc1cc(C(F)(F)F)ccn1. The maximum absolute atomic E-state index is 12.8. The van der Waals surface area contributed by atoms with Gasteiger partial charge in [-0.25, -0.2) is 9.78 Å². The number of hydrogen-bond acceptors (Lipinski definition) is 5. The summed E-state index contributed by atoms with van der Waals surface area (Å²) in [7, 11) is 2.55. The lowest BCUT2D eigenvalue weighted by atomic mass is 10.1. The molecule has 0 saturated carbocycles. The van der Waals surface area contributed by atoms with Crippen molar-refractivity contribution < 1.29 is 32.2 Å². The number of para-hydroxylation sites is 1. The zero-order chi connectivity index (χ0) is 18.4. The molecule has 0 fully saturated rings. The molecule has 0 saturated heterocycles. The Morgan fingerprint density at radius 1 is 1.16 bits per heavy atom. The molecule has 0 aliphatic rings. The van der Waals surface area contributed by atoms with Crippen LogP contribution in [0.5, 0.6) is 11.6 Å². The van der Waals surface area contributed by atoms with Gasteiger partial charge in [0.15, 0.2) is 0 Å². The van der Waals surface area contributed by atoms with Crippen molar-refractivity contribution in [3.05, 3.63) is 60.0 Å². The fourth-order valence-corrected chi connectivity index (χ4v) is 1.98. The van der Waals surface area contributed by atoms with Gasteiger partial charge in [0.25, 0.3) is 0 Å². The van der Waals surface area contributed by atoms with E-state index in [1.54, 1.807) is 18.2 Å². The van der Waals surface area contributed by atoms with Gasteiger partial charge in [-0.2, -0.15) is 13.2 Å². The lowest BCUT2D eigenvalue weighted by Crippen LogP contribution is -2.07. The molecule has 0 N–H and O–H groups in total. The Kier molecular flexibility index (Phi) is 5.63. The third kappa shape index (κ3) is 4.50. The summed E-state index contributed by atoms with van der Waals surface area (Å²) in [5.74, 6) is -0.818. The average molecular weight is 353 g/mol. The number of rotatable bonds is 5. The van der Waals surface area contributed by atoms with Gasteiger partial charge >= 0.3 is 12.1 Å². The van der Waals surface area contributed by atoms with Gasteiger partial charge in [-0.15, -0.1) is 0 Å². The van der Waals surface area contributed by atoms with E-state index in [1.807, 2.05) is 0 Å². The highest BCUT2D eigenvalue weighted by Crippen LogP contribution is 2.34. The van der Waals surface area contributed by atoms with E-state index in [1.165, 1.54) is 20.3 Å². The van der Waals surface area contributed by atoms with Gasteiger partial charge in [0.2, 0.25) is 5.88 Å². The van der Waals surface area contributed by atoms with Crippen molar-refractivity contribution in [3.63, 3.8) is 0 Å². The summed E-state index contributed by atoms with van der Waals surface area (Å²) in [5, 5.41) is 0. The van der Waals surface area contributed by atoms with Crippen LogP contribution in [0.2, 0.25) is 0 Å². The highest BCUT2D eigenvalue weighted by molar-refractivity contribution is 6.17. The molecular formula is C17H14F3NO4. The average Bonchev–Trinajstić information content (AvgIpc) is 2.59. The minimum Gasteiger partial charge on any atom is -0.503 e. The van der Waals surface area contributed by atoms with E-state index >= 15 is 0 Å². The van der Waals surface area contributed by atoms with Crippen LogP contribution >= 0.6 is 0 Å². The summed E-state index contributed by atoms with van der Waals surface area (Å²) in [6, 6.07) is 7.88. The molecule has 2 rings (SSSR count). The number of alkyl halides is 3. The van der Waals surface area contributed by atoms with Gasteiger partial charge in [-0.1, -0.05) is 18.2 Å². The number of hydrogen-bond donors (Lipinski definition) is 0. The molecule has 25 heavy (non-hydrogen) atoms. The Morgan fingerprint density at radius 2 is 1.88 bits per heavy atom. The predicted molar refractivity (Wildman–Crippen MR) is 82.8 cm³/mol. The third-order valence-corrected chi connectivity index (χ3v) is 3.09. The van der Waals surface area contributed by atoms with E-state index in [9.17, 15) is 18.0 Å². The number of esters is 1. The Labute approximate surface area is 141 Å². The van der Waals surface area contributed by atoms with Crippen molar-refractivity contribution in [2.75, 3.05) is 14.2 Å². The van der Waals surface area contributed by atoms with Crippen molar-refractivity contribution in [1.82, 2.24) is 4.98 Å². The molecular weight excluding hydrogens is 339 g/mol. The molecule has 8 heteroatoms. The predicted octanol–water partition coefficient (Wildman–Crippen LogP) is 4.05. The monoisotopic (exact) mass is 353 g/mol. The van der Waals surface area contributed by atoms with Gasteiger partial charge in [0.05, 0.1) is 26.0 Å². The van der Waals surface area contributed by atoms with E-state index in [4.69, 9.17) is 9.47 Å². The van der Waals surface area contributed by atoms with Crippen LogP contribution in [0.25, 0.3) is 5.57 Å². The van der Waals surface area contributed by atoms with E-state index in [2.05, 4.69) is 9.72 Å². The molecule has 0 atom stereocenters. The van der Waals surface area contributed by atoms with Gasteiger partial charge in [-0.05, 0) is 12.1 Å². The number of aromatic nitrogens is 1. The van der Waals surface area contributed by atoms with E-state index in [0.717, 1.165) is 24.6 Å². The normalized spacial score (nSPS) is 11.8. The number of benzene rings is 1.